The van der Waals surface area contributed by atoms with Gasteiger partial charge in [-0.2, -0.15) is 0 Å². The minimum Gasteiger partial charge on any atom is -0.439 e. The third-order valence-electron chi connectivity index (χ3n) is 2.95. The van der Waals surface area contributed by atoms with Gasteiger partial charge in [0.1, 0.15) is 11.6 Å². The van der Waals surface area contributed by atoms with Crippen LogP contribution in [0.4, 0.5) is 4.39 Å². The van der Waals surface area contributed by atoms with Gasteiger partial charge in [-0.05, 0) is 50.2 Å². The molecule has 0 aliphatic heterocycles. The van der Waals surface area contributed by atoms with Crippen LogP contribution >= 0.6 is 0 Å². The van der Waals surface area contributed by atoms with E-state index in [1.807, 2.05) is 32.0 Å². The normalized spacial score (nSPS) is 10.5. The molecule has 0 saturated carbocycles. The highest BCUT2D eigenvalue weighted by atomic mass is 19.1. The van der Waals surface area contributed by atoms with E-state index in [2.05, 4.69) is 10.3 Å². The molecule has 1 N–H and O–H groups in total. The fourth-order valence-electron chi connectivity index (χ4n) is 1.77. The number of halogens is 1. The number of aromatic nitrogens is 1. The molecule has 0 spiro atoms. The van der Waals surface area contributed by atoms with Crippen molar-refractivity contribution in [2.45, 2.75) is 20.4 Å². The van der Waals surface area contributed by atoms with Crippen molar-refractivity contribution in [3.05, 3.63) is 53.0 Å². The minimum atomic E-state index is -0.363. The Morgan fingerprint density at radius 2 is 2.00 bits per heavy atom. The molecule has 3 nitrogen and oxygen atoms in total. The summed E-state index contributed by atoms with van der Waals surface area (Å²) in [5.41, 5.74) is 3.05. The lowest BCUT2D eigenvalue weighted by molar-refractivity contribution is 0.449. The van der Waals surface area contributed by atoms with E-state index in [4.69, 9.17) is 4.74 Å². The van der Waals surface area contributed by atoms with E-state index in [0.717, 1.165) is 11.8 Å². The molecule has 19 heavy (non-hydrogen) atoms. The van der Waals surface area contributed by atoms with Gasteiger partial charge in [-0.3, -0.25) is 0 Å². The summed E-state index contributed by atoms with van der Waals surface area (Å²) < 4.78 is 18.9. The van der Waals surface area contributed by atoms with E-state index in [1.165, 1.54) is 11.6 Å². The topological polar surface area (TPSA) is 34.2 Å². The van der Waals surface area contributed by atoms with Crippen LogP contribution in [0.1, 0.15) is 16.7 Å². The summed E-state index contributed by atoms with van der Waals surface area (Å²) in [6, 6.07) is 7.26. The first-order chi connectivity index (χ1) is 9.10. The number of benzene rings is 1. The van der Waals surface area contributed by atoms with Gasteiger partial charge in [0.05, 0.1) is 6.20 Å². The van der Waals surface area contributed by atoms with Crippen LogP contribution in [-0.2, 0) is 6.54 Å². The standard InChI is InChI=1S/C15H17FN2O/c1-10-4-5-14(6-11(10)2)19-15-12(8-17-3)7-13(16)9-18-15/h4-7,9,17H,8H2,1-3H3. The number of nitrogens with one attached hydrogen (secondary N) is 1. The van der Waals surface area contributed by atoms with Crippen molar-refractivity contribution in [1.82, 2.24) is 10.3 Å². The van der Waals surface area contributed by atoms with E-state index in [0.29, 0.717) is 23.7 Å². The van der Waals surface area contributed by atoms with Gasteiger partial charge in [0.25, 0.3) is 0 Å². The molecule has 2 aromatic rings. The van der Waals surface area contributed by atoms with Crippen molar-refractivity contribution in [1.29, 1.82) is 0 Å². The second kappa shape index (κ2) is 5.80. The summed E-state index contributed by atoms with van der Waals surface area (Å²) in [6.45, 7) is 4.57. The zero-order valence-electron chi connectivity index (χ0n) is 11.3. The van der Waals surface area contributed by atoms with Crippen molar-refractivity contribution < 1.29 is 9.13 Å². The average Bonchev–Trinajstić information content (AvgIpc) is 2.37. The van der Waals surface area contributed by atoms with Gasteiger partial charge in [0, 0.05) is 12.1 Å². The van der Waals surface area contributed by atoms with Crippen molar-refractivity contribution in [2.24, 2.45) is 0 Å². The molecule has 0 bridgehead atoms. The predicted octanol–water partition coefficient (Wildman–Crippen LogP) is 3.35. The predicted molar refractivity (Wildman–Crippen MR) is 72.9 cm³/mol. The van der Waals surface area contributed by atoms with Crippen molar-refractivity contribution in [3.8, 4) is 11.6 Å². The quantitative estimate of drug-likeness (QED) is 0.915. The Kier molecular flexibility index (Phi) is 4.12. The molecule has 1 aromatic heterocycles. The summed E-state index contributed by atoms with van der Waals surface area (Å²) in [7, 11) is 1.80. The van der Waals surface area contributed by atoms with Gasteiger partial charge in [0.2, 0.25) is 5.88 Å². The maximum atomic E-state index is 13.2. The van der Waals surface area contributed by atoms with Gasteiger partial charge in [-0.15, -0.1) is 0 Å². The number of pyridine rings is 1. The number of rotatable bonds is 4. The van der Waals surface area contributed by atoms with Crippen LogP contribution in [0.5, 0.6) is 11.6 Å². The van der Waals surface area contributed by atoms with Crippen LogP contribution in [0.25, 0.3) is 0 Å². The van der Waals surface area contributed by atoms with Crippen LogP contribution in [0.15, 0.2) is 30.5 Å². The largest absolute Gasteiger partial charge is 0.439 e. The third-order valence-corrected chi connectivity index (χ3v) is 2.95. The fraction of sp³-hybridized carbons (Fsp3) is 0.267. The second-order valence-electron chi connectivity index (χ2n) is 4.50. The Morgan fingerprint density at radius 1 is 1.21 bits per heavy atom. The summed E-state index contributed by atoms with van der Waals surface area (Å²) in [5.74, 6) is 0.774. The molecule has 0 aliphatic carbocycles. The lowest BCUT2D eigenvalue weighted by Gasteiger charge is -2.11. The summed E-state index contributed by atoms with van der Waals surface area (Å²) in [4.78, 5) is 4.01. The summed E-state index contributed by atoms with van der Waals surface area (Å²) >= 11 is 0. The van der Waals surface area contributed by atoms with Gasteiger partial charge in [0.15, 0.2) is 0 Å². The second-order valence-corrected chi connectivity index (χ2v) is 4.50. The van der Waals surface area contributed by atoms with Gasteiger partial charge >= 0.3 is 0 Å². The summed E-state index contributed by atoms with van der Waals surface area (Å²) in [6.07, 6.45) is 1.16. The smallest absolute Gasteiger partial charge is 0.223 e. The molecule has 1 aromatic carbocycles. The Morgan fingerprint density at radius 3 is 2.68 bits per heavy atom. The van der Waals surface area contributed by atoms with E-state index in [-0.39, 0.29) is 5.82 Å². The van der Waals surface area contributed by atoms with Crippen molar-refractivity contribution in [3.63, 3.8) is 0 Å². The zero-order chi connectivity index (χ0) is 13.8. The maximum Gasteiger partial charge on any atom is 0.223 e. The SMILES string of the molecule is CNCc1cc(F)cnc1Oc1ccc(C)c(C)c1. The van der Waals surface area contributed by atoms with E-state index < -0.39 is 0 Å². The molecular weight excluding hydrogens is 243 g/mol. The number of hydrogen-bond donors (Lipinski definition) is 1. The lowest BCUT2D eigenvalue weighted by Crippen LogP contribution is -2.07. The highest BCUT2D eigenvalue weighted by Gasteiger charge is 2.08. The molecule has 2 rings (SSSR count). The third kappa shape index (κ3) is 3.29. The monoisotopic (exact) mass is 260 g/mol. The Balaban J connectivity index is 2.29. The van der Waals surface area contributed by atoms with E-state index >= 15 is 0 Å². The molecule has 0 atom stereocenters. The lowest BCUT2D eigenvalue weighted by atomic mass is 10.1. The van der Waals surface area contributed by atoms with Crippen LogP contribution < -0.4 is 10.1 Å². The fourth-order valence-corrected chi connectivity index (χ4v) is 1.77. The first-order valence-electron chi connectivity index (χ1n) is 6.14. The minimum absolute atomic E-state index is 0.363. The Bertz CT molecular complexity index is 584. The van der Waals surface area contributed by atoms with Gasteiger partial charge in [-0.1, -0.05) is 6.07 Å². The highest BCUT2D eigenvalue weighted by molar-refractivity contribution is 5.37. The van der Waals surface area contributed by atoms with Crippen LogP contribution in [0.3, 0.4) is 0 Å². The average molecular weight is 260 g/mol. The molecule has 4 heteroatoms. The molecule has 0 amide bonds. The molecular formula is C15H17FN2O. The first kappa shape index (κ1) is 13.5. The van der Waals surface area contributed by atoms with Crippen LogP contribution in [0, 0.1) is 19.7 Å². The number of aryl methyl sites for hydroxylation is 2. The Labute approximate surface area is 112 Å². The molecule has 0 saturated heterocycles. The molecule has 0 unspecified atom stereocenters. The van der Waals surface area contributed by atoms with E-state index in [9.17, 15) is 4.39 Å². The van der Waals surface area contributed by atoms with Crippen LogP contribution in [-0.4, -0.2) is 12.0 Å². The van der Waals surface area contributed by atoms with Crippen molar-refractivity contribution >= 4 is 0 Å². The highest BCUT2D eigenvalue weighted by Crippen LogP contribution is 2.25. The number of ether oxygens (including phenoxy) is 1. The van der Waals surface area contributed by atoms with Crippen molar-refractivity contribution in [2.75, 3.05) is 7.05 Å². The Hall–Kier alpha value is -1.94. The number of hydrogen-bond acceptors (Lipinski definition) is 3. The molecule has 100 valence electrons. The number of nitrogens with zero attached hydrogens (tertiary/aromatic N) is 1. The van der Waals surface area contributed by atoms with Gasteiger partial charge in [-0.25, -0.2) is 9.37 Å². The van der Waals surface area contributed by atoms with E-state index in [1.54, 1.807) is 7.05 Å². The molecule has 0 aliphatic rings. The molecule has 0 radical (unpaired) electrons. The molecule has 1 heterocycles. The summed E-state index contributed by atoms with van der Waals surface area (Å²) in [5, 5.41) is 2.97. The van der Waals surface area contributed by atoms with Crippen LogP contribution in [0.2, 0.25) is 0 Å². The maximum absolute atomic E-state index is 13.2. The first-order valence-corrected chi connectivity index (χ1v) is 6.14. The van der Waals surface area contributed by atoms with Gasteiger partial charge < -0.3 is 10.1 Å². The molecule has 0 fully saturated rings. The zero-order valence-corrected chi connectivity index (χ0v) is 11.3.